The molecule has 0 radical (unpaired) electrons. The van der Waals surface area contributed by atoms with E-state index in [4.69, 9.17) is 39.5 Å². The van der Waals surface area contributed by atoms with Crippen LogP contribution in [0.15, 0.2) is 94.5 Å². The van der Waals surface area contributed by atoms with Crippen LogP contribution in [0.3, 0.4) is 0 Å². The van der Waals surface area contributed by atoms with Gasteiger partial charge in [-0.2, -0.15) is 5.10 Å². The van der Waals surface area contributed by atoms with Gasteiger partial charge in [-0.15, -0.1) is 0 Å². The van der Waals surface area contributed by atoms with Crippen molar-refractivity contribution in [2.75, 3.05) is 0 Å². The predicted molar refractivity (Wildman–Crippen MR) is 159 cm³/mol. The summed E-state index contributed by atoms with van der Waals surface area (Å²) in [5.74, 6) is -0.772. The largest absolute Gasteiger partial charge is 0.422 e. The number of esters is 1. The van der Waals surface area contributed by atoms with Crippen LogP contribution in [-0.2, 0) is 0 Å². The van der Waals surface area contributed by atoms with E-state index >= 15 is 0 Å². The molecule has 10 heteroatoms. The summed E-state index contributed by atoms with van der Waals surface area (Å²) in [5, 5.41) is 5.94. The summed E-state index contributed by atoms with van der Waals surface area (Å²) in [6.45, 7) is 0. The van der Waals surface area contributed by atoms with Crippen molar-refractivity contribution in [2.45, 2.75) is 0 Å². The molecule has 1 amide bonds. The minimum Gasteiger partial charge on any atom is -0.422 e. The molecule has 5 rings (SSSR count). The smallest absolute Gasteiger partial charge is 0.343 e. The summed E-state index contributed by atoms with van der Waals surface area (Å²) >= 11 is 22.6. The molecule has 194 valence electrons. The molecule has 6 nitrogen and oxygen atoms in total. The Hall–Kier alpha value is -3.62. The molecule has 0 aliphatic heterocycles. The lowest BCUT2D eigenvalue weighted by Crippen LogP contribution is -2.19. The number of nitrogens with zero attached hydrogens (tertiary/aromatic N) is 1. The van der Waals surface area contributed by atoms with Crippen LogP contribution >= 0.6 is 50.7 Å². The second-order valence-corrected chi connectivity index (χ2v) is 10.5. The zero-order valence-electron chi connectivity index (χ0n) is 19.8. The highest BCUT2D eigenvalue weighted by Crippen LogP contribution is 2.41. The van der Waals surface area contributed by atoms with Crippen LogP contribution in [-0.4, -0.2) is 23.1 Å². The Balaban J connectivity index is 1.43. The minimum absolute atomic E-state index is 0.203. The van der Waals surface area contributed by atoms with Crippen molar-refractivity contribution in [3.63, 3.8) is 0 Å². The monoisotopic (exact) mass is 639 g/mol. The van der Waals surface area contributed by atoms with E-state index < -0.39 is 11.9 Å². The molecule has 0 bridgehead atoms. The third-order valence-electron chi connectivity index (χ3n) is 5.76. The Labute approximate surface area is 246 Å². The van der Waals surface area contributed by atoms with Crippen molar-refractivity contribution < 1.29 is 14.3 Å². The van der Waals surface area contributed by atoms with Gasteiger partial charge in [-0.25, -0.2) is 10.2 Å². The number of hydrogen-bond acceptors (Lipinski definition) is 4. The lowest BCUT2D eigenvalue weighted by Gasteiger charge is -2.08. The molecule has 0 aliphatic carbocycles. The van der Waals surface area contributed by atoms with Gasteiger partial charge in [0.15, 0.2) is 0 Å². The number of hydrogen-bond donors (Lipinski definition) is 2. The number of halogens is 4. The molecule has 0 fully saturated rings. The maximum atomic E-state index is 13.3. The highest BCUT2D eigenvalue weighted by molar-refractivity contribution is 9.10. The van der Waals surface area contributed by atoms with Crippen LogP contribution in [0.2, 0.25) is 15.1 Å². The summed E-state index contributed by atoms with van der Waals surface area (Å²) in [7, 11) is 0. The zero-order valence-corrected chi connectivity index (χ0v) is 23.7. The van der Waals surface area contributed by atoms with Gasteiger partial charge in [-0.05, 0) is 54.6 Å². The van der Waals surface area contributed by atoms with Gasteiger partial charge in [0.2, 0.25) is 0 Å². The standard InChI is InChI=1S/C29H17BrCl3N3O3/c30-18-11-9-16(10-12-18)29(38)39-24-8-4-1-5-17(24)15-34-36-28(37)27-25(20-6-2-3-7-21(20)32)26-22(33)13-19(31)14-23(26)35-27/h1-15,35H,(H,36,37). The van der Waals surface area contributed by atoms with E-state index in [0.29, 0.717) is 48.2 Å². The minimum atomic E-state index is -0.533. The van der Waals surface area contributed by atoms with Crippen LogP contribution in [0.1, 0.15) is 26.4 Å². The van der Waals surface area contributed by atoms with E-state index in [0.717, 1.165) is 4.47 Å². The van der Waals surface area contributed by atoms with Gasteiger partial charge in [0.05, 0.1) is 16.8 Å². The second kappa shape index (κ2) is 11.6. The molecule has 0 saturated carbocycles. The number of aromatic amines is 1. The van der Waals surface area contributed by atoms with E-state index in [-0.39, 0.29) is 11.4 Å². The number of nitrogens with one attached hydrogen (secondary N) is 2. The number of hydrazone groups is 1. The molecular weight excluding hydrogens is 625 g/mol. The van der Waals surface area contributed by atoms with Gasteiger partial charge in [0, 0.05) is 42.1 Å². The average molecular weight is 642 g/mol. The van der Waals surface area contributed by atoms with Gasteiger partial charge < -0.3 is 9.72 Å². The first-order valence-electron chi connectivity index (χ1n) is 11.5. The molecule has 0 aliphatic rings. The number of H-pyrrole nitrogens is 1. The van der Waals surface area contributed by atoms with Crippen LogP contribution in [0.25, 0.3) is 22.0 Å². The first-order valence-corrected chi connectivity index (χ1v) is 13.4. The highest BCUT2D eigenvalue weighted by Gasteiger charge is 2.23. The third-order valence-corrected chi connectivity index (χ3v) is 7.13. The normalized spacial score (nSPS) is 11.2. The molecule has 39 heavy (non-hydrogen) atoms. The fourth-order valence-electron chi connectivity index (χ4n) is 3.99. The number of carbonyl (C=O) groups excluding carboxylic acids is 2. The van der Waals surface area contributed by atoms with Gasteiger partial charge in [0.1, 0.15) is 11.4 Å². The summed E-state index contributed by atoms with van der Waals surface area (Å²) in [6, 6.07) is 24.1. The molecule has 0 unspecified atom stereocenters. The van der Waals surface area contributed by atoms with Crippen LogP contribution < -0.4 is 10.2 Å². The average Bonchev–Trinajstić information content (AvgIpc) is 3.30. The maximum absolute atomic E-state index is 13.3. The quantitative estimate of drug-likeness (QED) is 0.0844. The topological polar surface area (TPSA) is 83.5 Å². The number of carbonyl (C=O) groups is 2. The Bertz CT molecular complexity index is 1750. The molecule has 0 saturated heterocycles. The highest BCUT2D eigenvalue weighted by atomic mass is 79.9. The van der Waals surface area contributed by atoms with Crippen molar-refractivity contribution in [1.29, 1.82) is 0 Å². The fraction of sp³-hybridized carbons (Fsp3) is 0. The number of benzene rings is 4. The van der Waals surface area contributed by atoms with E-state index in [9.17, 15) is 9.59 Å². The van der Waals surface area contributed by atoms with Crippen molar-refractivity contribution in [2.24, 2.45) is 5.10 Å². The second-order valence-electron chi connectivity index (χ2n) is 8.30. The van der Waals surface area contributed by atoms with E-state index in [1.807, 2.05) is 6.07 Å². The molecule has 2 N–H and O–H groups in total. The Morgan fingerprint density at radius 2 is 1.62 bits per heavy atom. The first-order chi connectivity index (χ1) is 18.8. The molecule has 0 spiro atoms. The molecule has 5 aromatic rings. The molecule has 1 aromatic heterocycles. The van der Waals surface area contributed by atoms with E-state index in [1.54, 1.807) is 78.9 Å². The summed E-state index contributed by atoms with van der Waals surface area (Å²) in [5.41, 5.74) is 5.32. The Morgan fingerprint density at radius 3 is 2.38 bits per heavy atom. The Morgan fingerprint density at radius 1 is 0.897 bits per heavy atom. The summed E-state index contributed by atoms with van der Waals surface area (Å²) in [6.07, 6.45) is 1.39. The van der Waals surface area contributed by atoms with Crippen molar-refractivity contribution >= 4 is 79.7 Å². The van der Waals surface area contributed by atoms with Crippen molar-refractivity contribution in [1.82, 2.24) is 10.4 Å². The number of aromatic nitrogens is 1. The summed E-state index contributed by atoms with van der Waals surface area (Å²) in [4.78, 5) is 29.0. The molecule has 0 atom stereocenters. The maximum Gasteiger partial charge on any atom is 0.343 e. The SMILES string of the molecule is O=C(Oc1ccccc1C=NNC(=O)c1[nH]c2cc(Cl)cc(Cl)c2c1-c1ccccc1Cl)c1ccc(Br)cc1. The fourth-order valence-corrected chi connectivity index (χ4v) is 5.08. The Kier molecular flexibility index (Phi) is 8.04. The van der Waals surface area contributed by atoms with Gasteiger partial charge in [-0.3, -0.25) is 4.79 Å². The van der Waals surface area contributed by atoms with E-state index in [1.165, 1.54) is 6.21 Å². The van der Waals surface area contributed by atoms with Crippen molar-refractivity contribution in [3.8, 4) is 16.9 Å². The third kappa shape index (κ3) is 5.87. The number of fused-ring (bicyclic) bond motifs is 1. The van der Waals surface area contributed by atoms with Gasteiger partial charge in [-0.1, -0.05) is 81.1 Å². The van der Waals surface area contributed by atoms with Crippen LogP contribution in [0.5, 0.6) is 5.75 Å². The van der Waals surface area contributed by atoms with Crippen LogP contribution in [0, 0.1) is 0 Å². The van der Waals surface area contributed by atoms with Crippen LogP contribution in [0.4, 0.5) is 0 Å². The van der Waals surface area contributed by atoms with Gasteiger partial charge >= 0.3 is 5.97 Å². The first kappa shape index (κ1) is 27.0. The number of amides is 1. The van der Waals surface area contributed by atoms with Crippen molar-refractivity contribution in [3.05, 3.63) is 121 Å². The number of ether oxygens (including phenoxy) is 1. The number of rotatable bonds is 6. The zero-order chi connectivity index (χ0) is 27.5. The summed E-state index contributed by atoms with van der Waals surface area (Å²) < 4.78 is 6.41. The molecule has 4 aromatic carbocycles. The molecule has 1 heterocycles. The lowest BCUT2D eigenvalue weighted by molar-refractivity contribution is 0.0734. The lowest BCUT2D eigenvalue weighted by atomic mass is 10.0. The van der Waals surface area contributed by atoms with Gasteiger partial charge in [0.25, 0.3) is 5.91 Å². The predicted octanol–water partition coefficient (Wildman–Crippen LogP) is 8.54. The molecular formula is C29H17BrCl3N3O3. The van der Waals surface area contributed by atoms with E-state index in [2.05, 4.69) is 31.4 Å². The number of para-hydroxylation sites is 1.